The highest BCUT2D eigenvalue weighted by Crippen LogP contribution is 2.58. The number of hydrogen-bond donors (Lipinski definition) is 0. The van der Waals surface area contributed by atoms with Crippen molar-refractivity contribution in [1.82, 2.24) is 24.5 Å². The van der Waals surface area contributed by atoms with E-state index in [1.807, 2.05) is 48.7 Å². The Bertz CT molecular complexity index is 5650. The van der Waals surface area contributed by atoms with E-state index < -0.39 is 5.41 Å². The molecule has 0 spiro atoms. The van der Waals surface area contributed by atoms with Crippen LogP contribution in [0.15, 0.2) is 291 Å². The predicted octanol–water partition coefficient (Wildman–Crippen LogP) is 21.7. The summed E-state index contributed by atoms with van der Waals surface area (Å²) >= 11 is 0. The first-order valence-electron chi connectivity index (χ1n) is 30.5. The van der Waals surface area contributed by atoms with E-state index in [9.17, 15) is 0 Å². The first-order valence-corrected chi connectivity index (χ1v) is 30.5. The maximum absolute atomic E-state index is 5.42. The van der Waals surface area contributed by atoms with Crippen LogP contribution in [0.1, 0.15) is 25.0 Å². The maximum atomic E-state index is 5.42. The summed E-state index contributed by atoms with van der Waals surface area (Å²) in [4.78, 5) is 23.5. The summed E-state index contributed by atoms with van der Waals surface area (Å²) in [7, 11) is 0. The molecule has 6 heteroatoms. The van der Waals surface area contributed by atoms with Crippen LogP contribution in [0.5, 0.6) is 0 Å². The van der Waals surface area contributed by atoms with Crippen molar-refractivity contribution in [3.8, 4) is 62.2 Å². The Kier molecular flexibility index (Phi) is 11.2. The fourth-order valence-electron chi connectivity index (χ4n) is 14.9. The Morgan fingerprint density at radius 2 is 0.764 bits per heavy atom. The van der Waals surface area contributed by atoms with Gasteiger partial charge in [-0.25, -0.2) is 19.9 Å². The second-order valence-corrected chi connectivity index (χ2v) is 24.0. The van der Waals surface area contributed by atoms with E-state index >= 15 is 0 Å². The Balaban J connectivity index is 0.940. The molecule has 89 heavy (non-hydrogen) atoms. The second kappa shape index (κ2) is 19.7. The van der Waals surface area contributed by atoms with Crippen molar-refractivity contribution in [2.24, 2.45) is 0 Å². The third-order valence-corrected chi connectivity index (χ3v) is 18.8. The second-order valence-electron chi connectivity index (χ2n) is 24.0. The highest BCUT2D eigenvalue weighted by molar-refractivity contribution is 6.29. The molecule has 14 aromatic carbocycles. The fraction of sp³-hybridized carbons (Fsp3) is 0.0361. The first kappa shape index (κ1) is 50.7. The minimum absolute atomic E-state index is 0.506. The molecule has 0 bridgehead atoms. The van der Waals surface area contributed by atoms with Crippen molar-refractivity contribution in [1.29, 1.82) is 0 Å². The van der Waals surface area contributed by atoms with Gasteiger partial charge in [0, 0.05) is 50.4 Å². The van der Waals surface area contributed by atoms with Crippen LogP contribution in [0.2, 0.25) is 0 Å². The Morgan fingerprint density at radius 1 is 0.315 bits per heavy atom. The molecular weight excluding hydrogens is 1080 g/mol. The number of nitrogens with zero attached hydrogens (tertiary/aromatic N) is 6. The lowest BCUT2D eigenvalue weighted by atomic mass is 9.78. The molecule has 6 nitrogen and oxygen atoms in total. The number of hydrogen-bond acceptors (Lipinski definition) is 5. The van der Waals surface area contributed by atoms with Gasteiger partial charge in [-0.05, 0) is 147 Å². The molecule has 18 rings (SSSR count). The zero-order chi connectivity index (χ0) is 58.9. The van der Waals surface area contributed by atoms with Gasteiger partial charge in [0.05, 0.1) is 16.7 Å². The summed E-state index contributed by atoms with van der Waals surface area (Å²) in [5.74, 6) is 2.52. The quantitative estimate of drug-likeness (QED) is 0.142. The van der Waals surface area contributed by atoms with Crippen molar-refractivity contribution in [3.63, 3.8) is 0 Å². The minimum Gasteiger partial charge on any atom is -0.310 e. The monoisotopic (exact) mass is 1130 g/mol. The average Bonchev–Trinajstić information content (AvgIpc) is 1.58. The van der Waals surface area contributed by atoms with Crippen LogP contribution in [0, 0.1) is 0 Å². The van der Waals surface area contributed by atoms with Gasteiger partial charge < -0.3 is 4.90 Å². The molecule has 416 valence electrons. The van der Waals surface area contributed by atoms with E-state index in [1.165, 1.54) is 86.9 Å². The predicted molar refractivity (Wildman–Crippen MR) is 371 cm³/mol. The molecule has 17 aromatic rings. The molecule has 0 N–H and O–H groups in total. The molecule has 1 aliphatic rings. The van der Waals surface area contributed by atoms with Crippen LogP contribution in [-0.4, -0.2) is 24.5 Å². The summed E-state index contributed by atoms with van der Waals surface area (Å²) in [5, 5.41) is 17.2. The van der Waals surface area contributed by atoms with E-state index in [2.05, 4.69) is 266 Å². The number of pyridine rings is 1. The first-order chi connectivity index (χ1) is 43.9. The van der Waals surface area contributed by atoms with Crippen molar-refractivity contribution < 1.29 is 0 Å². The van der Waals surface area contributed by atoms with Crippen LogP contribution in [0.3, 0.4) is 0 Å². The molecule has 0 amide bonds. The van der Waals surface area contributed by atoms with Crippen molar-refractivity contribution in [3.05, 3.63) is 302 Å². The summed E-state index contributed by atoms with van der Waals surface area (Å²) in [5.41, 5.74) is 14.8. The van der Waals surface area contributed by atoms with Crippen LogP contribution in [0.25, 0.3) is 149 Å². The zero-order valence-corrected chi connectivity index (χ0v) is 48.9. The molecule has 3 aromatic heterocycles. The van der Waals surface area contributed by atoms with Gasteiger partial charge in [0.2, 0.25) is 0 Å². The lowest BCUT2D eigenvalue weighted by Crippen LogP contribution is -2.17. The molecule has 1 aliphatic carbocycles. The largest absolute Gasteiger partial charge is 0.310 e. The van der Waals surface area contributed by atoms with E-state index in [4.69, 9.17) is 19.9 Å². The highest BCUT2D eigenvalue weighted by atomic mass is 15.2. The van der Waals surface area contributed by atoms with Crippen molar-refractivity contribution in [2.45, 2.75) is 19.3 Å². The Labute approximate surface area is 513 Å². The smallest absolute Gasteiger partial charge is 0.164 e. The number of benzene rings is 14. The highest BCUT2D eigenvalue weighted by Gasteiger charge is 2.41. The van der Waals surface area contributed by atoms with E-state index in [0.717, 1.165) is 72.5 Å². The molecule has 0 aliphatic heterocycles. The van der Waals surface area contributed by atoms with Gasteiger partial charge in [-0.15, -0.1) is 0 Å². The molecule has 0 unspecified atom stereocenters. The molecule has 3 heterocycles. The number of aromatic nitrogens is 5. The molecule has 0 radical (unpaired) electrons. The summed E-state index contributed by atoms with van der Waals surface area (Å²) < 4.78 is 2.44. The van der Waals surface area contributed by atoms with Crippen molar-refractivity contribution in [2.75, 3.05) is 4.90 Å². The number of rotatable bonds is 8. The molecule has 0 atom stereocenters. The summed E-state index contributed by atoms with van der Waals surface area (Å²) in [6.45, 7) is 4.89. The molecular formula is C83H54N6. The van der Waals surface area contributed by atoms with E-state index in [1.54, 1.807) is 0 Å². The van der Waals surface area contributed by atoms with Gasteiger partial charge in [-0.3, -0.25) is 4.57 Å². The SMILES string of the molecule is CC1(C)c2c(ccc3c4ccccc4c4ccccc4c23)-c2ccc3c4c(N(c5cccc(-c6ccccc6)c5)c5ccc6c7ccccc7c7ccccc7c6c5)cccc4n(-c4cc(-c5nc(-c6ccccc6)nc(-c6ccccc6)n5)ccn4)c3c21. The number of fused-ring (bicyclic) bond motifs is 20. The zero-order valence-electron chi connectivity index (χ0n) is 48.9. The van der Waals surface area contributed by atoms with Gasteiger partial charge >= 0.3 is 0 Å². The topological polar surface area (TPSA) is 59.7 Å². The van der Waals surface area contributed by atoms with Gasteiger partial charge in [0.25, 0.3) is 0 Å². The van der Waals surface area contributed by atoms with Crippen LogP contribution in [0.4, 0.5) is 17.1 Å². The average molecular weight is 1140 g/mol. The molecule has 0 fully saturated rings. The maximum Gasteiger partial charge on any atom is 0.164 e. The Morgan fingerprint density at radius 3 is 1.37 bits per heavy atom. The van der Waals surface area contributed by atoms with Crippen molar-refractivity contribution >= 4 is 104 Å². The third-order valence-electron chi connectivity index (χ3n) is 18.8. The third kappa shape index (κ3) is 7.76. The number of anilines is 3. The minimum atomic E-state index is -0.506. The lowest BCUT2D eigenvalue weighted by molar-refractivity contribution is 0.670. The van der Waals surface area contributed by atoms with Gasteiger partial charge in [-0.1, -0.05) is 250 Å². The molecule has 0 saturated heterocycles. The standard InChI is InChI=1S/C83H54N6/c1-83(2)77-68(43-42-67-63-35-16-14-33-61(63)62-34-18-19-37-66(62)75(67)77)69-44-45-70-76-72(88(56-29-20-28-54(48-56)51-22-6-3-7-23-51)57-40-41-65-60-32-13-12-30-58(60)59-31-15-17-36-64(59)71(65)50-57)38-21-39-73(76)89(79(70)78(69)83)74-49-55(46-47-84-74)82-86-80(52-24-8-4-9-25-52)85-81(87-82)53-26-10-5-11-27-53/h3-50H,1-2H3. The lowest BCUT2D eigenvalue weighted by Gasteiger charge is -2.28. The fourth-order valence-corrected chi connectivity index (χ4v) is 14.9. The van der Waals surface area contributed by atoms with Crippen LogP contribution < -0.4 is 4.90 Å². The normalized spacial score (nSPS) is 12.7. The summed E-state index contributed by atoms with van der Waals surface area (Å²) in [6.07, 6.45) is 1.92. The van der Waals surface area contributed by atoms with Crippen LogP contribution >= 0.6 is 0 Å². The van der Waals surface area contributed by atoms with E-state index in [0.29, 0.717) is 17.5 Å². The van der Waals surface area contributed by atoms with Crippen LogP contribution in [-0.2, 0) is 5.41 Å². The Hall–Kier alpha value is -11.6. The molecule has 0 saturated carbocycles. The summed E-state index contributed by atoms with van der Waals surface area (Å²) in [6, 6.07) is 103. The van der Waals surface area contributed by atoms with Gasteiger partial charge in [0.1, 0.15) is 5.82 Å². The van der Waals surface area contributed by atoms with E-state index in [-0.39, 0.29) is 0 Å². The van der Waals surface area contributed by atoms with Gasteiger partial charge in [0.15, 0.2) is 17.5 Å². The van der Waals surface area contributed by atoms with Gasteiger partial charge in [-0.2, -0.15) is 0 Å².